The van der Waals surface area contributed by atoms with Crippen LogP contribution >= 0.6 is 11.3 Å². The molecule has 0 saturated carbocycles. The zero-order valence-corrected chi connectivity index (χ0v) is 43.8. The van der Waals surface area contributed by atoms with Crippen molar-refractivity contribution in [2.75, 3.05) is 48.3 Å². The fourth-order valence-electron chi connectivity index (χ4n) is 10.5. The molecule has 3 aliphatic heterocycles. The number of esters is 1. The van der Waals surface area contributed by atoms with Gasteiger partial charge in [-0.15, -0.1) is 0 Å². The molecule has 6 heterocycles. The number of likely N-dealkylation sites (tertiary alicyclic amines) is 1. The van der Waals surface area contributed by atoms with Crippen LogP contribution in [0.4, 0.5) is 25.4 Å². The maximum absolute atomic E-state index is 15.9. The number of pyridine rings is 1. The summed E-state index contributed by atoms with van der Waals surface area (Å²) in [6.07, 6.45) is 1.16. The monoisotopic (exact) mass is 1050 g/mol. The van der Waals surface area contributed by atoms with Crippen molar-refractivity contribution in [3.8, 4) is 16.9 Å². The number of ether oxygens (including phenoxy) is 2. The Morgan fingerprint density at radius 2 is 1.66 bits per heavy atom. The second-order valence-electron chi connectivity index (χ2n) is 20.8. The number of alkyl halides is 2. The molecule has 0 radical (unpaired) electrons. The van der Waals surface area contributed by atoms with E-state index in [1.54, 1.807) is 68.9 Å². The van der Waals surface area contributed by atoms with Gasteiger partial charge in [0.2, 0.25) is 17.7 Å². The summed E-state index contributed by atoms with van der Waals surface area (Å²) in [6, 6.07) is 27.7. The van der Waals surface area contributed by atoms with Crippen molar-refractivity contribution < 1.29 is 42.2 Å². The SMILES string of the molecule is Cc1c(OCCC(F)(F)C2CCN(CC(=O)Nc3ccc4c(C5CCC(=O)NC5=O)nn(C)c4c3)CC2)cccc1-c1ccc(N2CCc3cccc(C(=O)Nc4nc5ccccc5s4)c3C2)nc1C(=O)OC(C)(C)C. The van der Waals surface area contributed by atoms with E-state index >= 15 is 8.78 Å². The second kappa shape index (κ2) is 21.2. The number of rotatable bonds is 14. The van der Waals surface area contributed by atoms with Crippen LogP contribution in [0.5, 0.6) is 5.75 Å². The molecule has 19 heteroatoms. The molecule has 3 aliphatic rings. The standard InChI is InChI=1S/C57H59F2N9O7S/c1-33-37(38-18-20-47(62-51(38)54(73)75-56(2,3)4)68-28-22-34-10-8-12-39(42(34)31-68)52(71)64-55-61-43-13-6-7-15-46(43)76-55)11-9-14-45(33)74-29-25-57(58,59)35-23-26-67(27-24-35)32-49(70)60-36-16-17-40-44(30-36)66(5)65-50(40)41-19-21-48(69)63-53(41)72/h6-18,20,30,35,41H,19,21-29,31-32H2,1-5H3,(H,60,70)(H,61,64,71)(H,63,69,72). The molecule has 1 unspecified atom stereocenters. The number of benzene rings is 4. The molecule has 394 valence electrons. The number of para-hydroxylation sites is 1. The third-order valence-electron chi connectivity index (χ3n) is 14.4. The summed E-state index contributed by atoms with van der Waals surface area (Å²) in [7, 11) is 1.75. The van der Waals surface area contributed by atoms with Crippen LogP contribution in [0.1, 0.15) is 102 Å². The highest BCUT2D eigenvalue weighted by atomic mass is 32.1. The Balaban J connectivity index is 0.763. The van der Waals surface area contributed by atoms with Gasteiger partial charge < -0.3 is 19.7 Å². The largest absolute Gasteiger partial charge is 0.493 e. The summed E-state index contributed by atoms with van der Waals surface area (Å²) in [5, 5.41) is 14.1. The van der Waals surface area contributed by atoms with Gasteiger partial charge in [0.05, 0.1) is 40.5 Å². The van der Waals surface area contributed by atoms with E-state index in [9.17, 15) is 24.0 Å². The van der Waals surface area contributed by atoms with Crippen LogP contribution in [0, 0.1) is 12.8 Å². The van der Waals surface area contributed by atoms with Gasteiger partial charge >= 0.3 is 5.97 Å². The topological polar surface area (TPSA) is 190 Å². The van der Waals surface area contributed by atoms with Crippen LogP contribution in [0.15, 0.2) is 91.0 Å². The number of hydrogen-bond donors (Lipinski definition) is 3. The molecule has 2 fully saturated rings. The van der Waals surface area contributed by atoms with Gasteiger partial charge in [-0.25, -0.2) is 23.5 Å². The highest BCUT2D eigenvalue weighted by Gasteiger charge is 2.41. The Morgan fingerprint density at radius 3 is 2.43 bits per heavy atom. The number of amides is 4. The van der Waals surface area contributed by atoms with E-state index in [0.717, 1.165) is 26.7 Å². The van der Waals surface area contributed by atoms with Crippen LogP contribution in [0.25, 0.3) is 32.2 Å². The van der Waals surface area contributed by atoms with Crippen molar-refractivity contribution in [3.05, 3.63) is 125 Å². The smallest absolute Gasteiger partial charge is 0.358 e. The predicted molar refractivity (Wildman–Crippen MR) is 287 cm³/mol. The number of thiazole rings is 1. The van der Waals surface area contributed by atoms with Gasteiger partial charge in [0.25, 0.3) is 11.8 Å². The Kier molecular flexibility index (Phi) is 14.4. The molecular formula is C57H59F2N9O7S. The Morgan fingerprint density at radius 1 is 0.868 bits per heavy atom. The molecule has 3 aromatic heterocycles. The molecule has 76 heavy (non-hydrogen) atoms. The van der Waals surface area contributed by atoms with Gasteiger partial charge in [0, 0.05) is 61.1 Å². The zero-order chi connectivity index (χ0) is 53.5. The molecule has 1 atom stereocenters. The molecule has 16 nitrogen and oxygen atoms in total. The van der Waals surface area contributed by atoms with Crippen LogP contribution in [0.3, 0.4) is 0 Å². The number of piperidine rings is 2. The lowest BCUT2D eigenvalue weighted by Crippen LogP contribution is -2.43. The minimum atomic E-state index is -3.02. The summed E-state index contributed by atoms with van der Waals surface area (Å²) < 4.78 is 46.4. The first kappa shape index (κ1) is 51.8. The molecule has 10 rings (SSSR count). The highest BCUT2D eigenvalue weighted by Crippen LogP contribution is 2.39. The van der Waals surface area contributed by atoms with Gasteiger partial charge in [-0.1, -0.05) is 47.7 Å². The molecular weight excluding hydrogens is 993 g/mol. The maximum Gasteiger partial charge on any atom is 0.358 e. The van der Waals surface area contributed by atoms with E-state index in [1.807, 2.05) is 71.3 Å². The van der Waals surface area contributed by atoms with Crippen LogP contribution < -0.4 is 25.6 Å². The lowest BCUT2D eigenvalue weighted by atomic mass is 9.89. The Bertz CT molecular complexity index is 3380. The van der Waals surface area contributed by atoms with E-state index in [4.69, 9.17) is 14.5 Å². The van der Waals surface area contributed by atoms with Crippen LogP contribution in [0.2, 0.25) is 0 Å². The summed E-state index contributed by atoms with van der Waals surface area (Å²) in [6.45, 7) is 8.57. The van der Waals surface area contributed by atoms with E-state index in [0.29, 0.717) is 94.9 Å². The Hall–Kier alpha value is -7.64. The number of halogens is 2. The van der Waals surface area contributed by atoms with E-state index in [1.165, 1.54) is 11.3 Å². The van der Waals surface area contributed by atoms with Gasteiger partial charge in [0.1, 0.15) is 17.2 Å². The number of anilines is 3. The van der Waals surface area contributed by atoms with Crippen LogP contribution in [-0.4, -0.2) is 98.6 Å². The molecule has 7 aromatic rings. The number of carbonyl (C=O) groups excluding carboxylic acids is 5. The average molecular weight is 1050 g/mol. The second-order valence-corrected chi connectivity index (χ2v) is 21.8. The molecule has 4 amide bonds. The number of aryl methyl sites for hydroxylation is 1. The van der Waals surface area contributed by atoms with Crippen molar-refractivity contribution in [1.82, 2.24) is 30.0 Å². The minimum absolute atomic E-state index is 0.0383. The number of hydrogen-bond acceptors (Lipinski definition) is 13. The predicted octanol–water partition coefficient (Wildman–Crippen LogP) is 9.60. The Labute approximate surface area is 442 Å². The summed E-state index contributed by atoms with van der Waals surface area (Å²) in [5.41, 5.74) is 6.11. The van der Waals surface area contributed by atoms with Crippen molar-refractivity contribution in [2.24, 2.45) is 13.0 Å². The van der Waals surface area contributed by atoms with Crippen molar-refractivity contribution in [3.63, 3.8) is 0 Å². The molecule has 4 aromatic carbocycles. The number of nitrogens with zero attached hydrogens (tertiary/aromatic N) is 6. The van der Waals surface area contributed by atoms with Gasteiger partial charge in [0.15, 0.2) is 10.8 Å². The number of fused-ring (bicyclic) bond motifs is 3. The molecule has 2 saturated heterocycles. The average Bonchev–Trinajstić information content (AvgIpc) is 3.95. The number of nitrogens with one attached hydrogen (secondary N) is 3. The molecule has 0 bridgehead atoms. The van der Waals surface area contributed by atoms with E-state index < -0.39 is 35.7 Å². The number of carbonyl (C=O) groups is 5. The first-order valence-corrected chi connectivity index (χ1v) is 26.4. The van der Waals surface area contributed by atoms with Gasteiger partial charge in [-0.05, 0) is 143 Å². The van der Waals surface area contributed by atoms with Crippen LogP contribution in [-0.2, 0) is 39.1 Å². The summed E-state index contributed by atoms with van der Waals surface area (Å²) in [5.74, 6) is -5.38. The molecule has 0 aliphatic carbocycles. The normalized spacial score (nSPS) is 16.6. The van der Waals surface area contributed by atoms with E-state index in [-0.39, 0.29) is 61.7 Å². The third kappa shape index (κ3) is 11.2. The van der Waals surface area contributed by atoms with Crippen molar-refractivity contribution in [2.45, 2.75) is 90.2 Å². The highest BCUT2D eigenvalue weighted by molar-refractivity contribution is 7.22. The lowest BCUT2D eigenvalue weighted by molar-refractivity contribution is -0.134. The summed E-state index contributed by atoms with van der Waals surface area (Å²) >= 11 is 1.41. The minimum Gasteiger partial charge on any atom is -0.493 e. The third-order valence-corrected chi connectivity index (χ3v) is 15.3. The van der Waals surface area contributed by atoms with E-state index in [2.05, 4.69) is 26.0 Å². The number of aromatic nitrogens is 4. The first-order valence-electron chi connectivity index (χ1n) is 25.6. The van der Waals surface area contributed by atoms with Crippen molar-refractivity contribution in [1.29, 1.82) is 0 Å². The summed E-state index contributed by atoms with van der Waals surface area (Å²) in [4.78, 5) is 78.7. The van der Waals surface area contributed by atoms with Crippen molar-refractivity contribution >= 4 is 78.7 Å². The first-order chi connectivity index (χ1) is 36.4. The number of imide groups is 1. The quantitative estimate of drug-likeness (QED) is 0.0692. The maximum atomic E-state index is 15.9. The van der Waals surface area contributed by atoms with Gasteiger partial charge in [-0.3, -0.25) is 39.4 Å². The fraction of sp³-hybridized carbons (Fsp3) is 0.368. The zero-order valence-electron chi connectivity index (χ0n) is 43.0. The fourth-order valence-corrected chi connectivity index (χ4v) is 11.3. The van der Waals surface area contributed by atoms with Gasteiger partial charge in [-0.2, -0.15) is 5.10 Å². The molecule has 3 N–H and O–H groups in total. The molecule has 0 spiro atoms. The lowest BCUT2D eigenvalue weighted by Gasteiger charge is -2.35.